The standard InChI is InChI=1S/C15H19ClN2S/c1-10(11-5-3-2-4-6-11)17-15-18-13-9-12(16)7-8-14(13)19-15/h7-11H,2-6H2,1H3,(H,17,18). The van der Waals surface area contributed by atoms with Gasteiger partial charge in [-0.3, -0.25) is 0 Å². The van der Waals surface area contributed by atoms with E-state index in [0.29, 0.717) is 6.04 Å². The summed E-state index contributed by atoms with van der Waals surface area (Å²) in [6.07, 6.45) is 6.87. The Morgan fingerprint density at radius 2 is 2.11 bits per heavy atom. The van der Waals surface area contributed by atoms with Crippen LogP contribution in [0.1, 0.15) is 39.0 Å². The van der Waals surface area contributed by atoms with Crippen LogP contribution in [0.15, 0.2) is 18.2 Å². The minimum absolute atomic E-state index is 0.510. The molecule has 1 aromatic carbocycles. The first-order valence-corrected chi connectivity index (χ1v) is 8.24. The molecule has 1 fully saturated rings. The van der Waals surface area contributed by atoms with Gasteiger partial charge in [-0.1, -0.05) is 42.2 Å². The molecular formula is C15H19ClN2S. The van der Waals surface area contributed by atoms with Gasteiger partial charge in [0.25, 0.3) is 0 Å². The van der Waals surface area contributed by atoms with Gasteiger partial charge in [0.15, 0.2) is 5.13 Å². The Bertz CT molecular complexity index is 560. The van der Waals surface area contributed by atoms with E-state index in [1.54, 1.807) is 11.3 Å². The summed E-state index contributed by atoms with van der Waals surface area (Å²) in [5.74, 6) is 0.796. The normalized spacial score (nSPS) is 18.6. The number of hydrogen-bond acceptors (Lipinski definition) is 3. The van der Waals surface area contributed by atoms with Gasteiger partial charge in [0.05, 0.1) is 10.2 Å². The predicted octanol–water partition coefficient (Wildman–Crippen LogP) is 5.33. The molecule has 2 nitrogen and oxygen atoms in total. The number of thiazole rings is 1. The molecule has 1 unspecified atom stereocenters. The summed E-state index contributed by atoms with van der Waals surface area (Å²) in [5.41, 5.74) is 0.996. The van der Waals surface area contributed by atoms with Crippen molar-refractivity contribution in [3.05, 3.63) is 23.2 Å². The predicted molar refractivity (Wildman–Crippen MR) is 84.3 cm³/mol. The molecule has 2 aromatic rings. The molecule has 0 bridgehead atoms. The van der Waals surface area contributed by atoms with E-state index in [0.717, 1.165) is 21.6 Å². The van der Waals surface area contributed by atoms with Crippen LogP contribution in [0, 0.1) is 5.92 Å². The maximum Gasteiger partial charge on any atom is 0.184 e. The van der Waals surface area contributed by atoms with Crippen LogP contribution in [-0.2, 0) is 0 Å². The van der Waals surface area contributed by atoms with E-state index in [2.05, 4.69) is 17.2 Å². The quantitative estimate of drug-likeness (QED) is 0.827. The fraction of sp³-hybridized carbons (Fsp3) is 0.533. The zero-order chi connectivity index (χ0) is 13.2. The molecule has 1 N–H and O–H groups in total. The number of aromatic nitrogens is 1. The fourth-order valence-electron chi connectivity index (χ4n) is 2.91. The zero-order valence-corrected chi connectivity index (χ0v) is 12.7. The van der Waals surface area contributed by atoms with Crippen LogP contribution in [0.25, 0.3) is 10.2 Å². The molecule has 1 aromatic heterocycles. The topological polar surface area (TPSA) is 24.9 Å². The molecule has 0 radical (unpaired) electrons. The summed E-state index contributed by atoms with van der Waals surface area (Å²) >= 11 is 7.72. The molecule has 19 heavy (non-hydrogen) atoms. The van der Waals surface area contributed by atoms with E-state index < -0.39 is 0 Å². The average Bonchev–Trinajstić information content (AvgIpc) is 2.81. The minimum atomic E-state index is 0.510. The molecule has 1 saturated carbocycles. The van der Waals surface area contributed by atoms with Gasteiger partial charge in [-0.2, -0.15) is 0 Å². The third-order valence-corrected chi connectivity index (χ3v) is 5.26. The molecule has 1 heterocycles. The van der Waals surface area contributed by atoms with Crippen molar-refractivity contribution in [2.24, 2.45) is 5.92 Å². The van der Waals surface area contributed by atoms with Gasteiger partial charge in [0.1, 0.15) is 0 Å². The Balaban J connectivity index is 1.73. The summed E-state index contributed by atoms with van der Waals surface area (Å²) in [4.78, 5) is 4.63. The highest BCUT2D eigenvalue weighted by molar-refractivity contribution is 7.22. The molecule has 0 saturated heterocycles. The smallest absolute Gasteiger partial charge is 0.184 e. The number of benzene rings is 1. The van der Waals surface area contributed by atoms with Crippen molar-refractivity contribution in [2.45, 2.75) is 45.1 Å². The highest BCUT2D eigenvalue weighted by atomic mass is 35.5. The second-order valence-corrected chi connectivity index (χ2v) is 6.93. The molecule has 0 amide bonds. The lowest BCUT2D eigenvalue weighted by Crippen LogP contribution is -2.27. The van der Waals surface area contributed by atoms with Gasteiger partial charge in [-0.05, 0) is 43.9 Å². The zero-order valence-electron chi connectivity index (χ0n) is 11.2. The summed E-state index contributed by atoms with van der Waals surface area (Å²) in [6, 6.07) is 6.42. The van der Waals surface area contributed by atoms with E-state index >= 15 is 0 Å². The summed E-state index contributed by atoms with van der Waals surface area (Å²) in [6.45, 7) is 2.29. The van der Waals surface area contributed by atoms with E-state index in [4.69, 9.17) is 11.6 Å². The first-order valence-electron chi connectivity index (χ1n) is 7.05. The lowest BCUT2D eigenvalue weighted by atomic mass is 9.85. The Hall–Kier alpha value is -0.800. The van der Waals surface area contributed by atoms with Crippen LogP contribution >= 0.6 is 22.9 Å². The van der Waals surface area contributed by atoms with Crippen molar-refractivity contribution in [2.75, 3.05) is 5.32 Å². The van der Waals surface area contributed by atoms with Gasteiger partial charge in [0, 0.05) is 11.1 Å². The number of anilines is 1. The molecule has 3 rings (SSSR count). The van der Waals surface area contributed by atoms with E-state index in [9.17, 15) is 0 Å². The number of fused-ring (bicyclic) bond motifs is 1. The molecule has 4 heteroatoms. The van der Waals surface area contributed by atoms with Gasteiger partial charge >= 0.3 is 0 Å². The number of halogens is 1. The van der Waals surface area contributed by atoms with Crippen LogP contribution in [0.4, 0.5) is 5.13 Å². The lowest BCUT2D eigenvalue weighted by molar-refractivity contribution is 0.328. The molecule has 102 valence electrons. The fourth-order valence-corrected chi connectivity index (χ4v) is 4.02. The average molecular weight is 295 g/mol. The number of nitrogens with one attached hydrogen (secondary N) is 1. The highest BCUT2D eigenvalue weighted by Crippen LogP contribution is 2.31. The van der Waals surface area contributed by atoms with E-state index in [1.165, 1.54) is 36.8 Å². The second-order valence-electron chi connectivity index (χ2n) is 5.46. The van der Waals surface area contributed by atoms with Gasteiger partial charge < -0.3 is 5.32 Å². The monoisotopic (exact) mass is 294 g/mol. The first kappa shape index (κ1) is 13.2. The maximum absolute atomic E-state index is 6.00. The molecule has 1 atom stereocenters. The van der Waals surface area contributed by atoms with Crippen LogP contribution in [0.3, 0.4) is 0 Å². The highest BCUT2D eigenvalue weighted by Gasteiger charge is 2.20. The second kappa shape index (κ2) is 5.68. The molecule has 0 aliphatic heterocycles. The number of nitrogens with zero attached hydrogens (tertiary/aromatic N) is 1. The van der Waals surface area contributed by atoms with Crippen LogP contribution < -0.4 is 5.32 Å². The van der Waals surface area contributed by atoms with Crippen LogP contribution in [0.5, 0.6) is 0 Å². The van der Waals surface area contributed by atoms with Crippen molar-refractivity contribution < 1.29 is 0 Å². The lowest BCUT2D eigenvalue weighted by Gasteiger charge is -2.28. The third kappa shape index (κ3) is 3.03. The Morgan fingerprint density at radius 3 is 2.89 bits per heavy atom. The van der Waals surface area contributed by atoms with Gasteiger partial charge in [0.2, 0.25) is 0 Å². The largest absolute Gasteiger partial charge is 0.359 e. The van der Waals surface area contributed by atoms with E-state index in [-0.39, 0.29) is 0 Å². The number of rotatable bonds is 3. The molecule has 0 spiro atoms. The van der Waals surface area contributed by atoms with Crippen molar-refractivity contribution in [3.8, 4) is 0 Å². The van der Waals surface area contributed by atoms with Crippen LogP contribution in [-0.4, -0.2) is 11.0 Å². The van der Waals surface area contributed by atoms with Gasteiger partial charge in [-0.15, -0.1) is 0 Å². The van der Waals surface area contributed by atoms with Gasteiger partial charge in [-0.25, -0.2) is 4.98 Å². The van der Waals surface area contributed by atoms with Crippen molar-refractivity contribution in [1.82, 2.24) is 4.98 Å². The third-order valence-electron chi connectivity index (χ3n) is 4.06. The van der Waals surface area contributed by atoms with Crippen LogP contribution in [0.2, 0.25) is 5.02 Å². The summed E-state index contributed by atoms with van der Waals surface area (Å²) < 4.78 is 1.20. The maximum atomic E-state index is 6.00. The van der Waals surface area contributed by atoms with Crippen molar-refractivity contribution in [3.63, 3.8) is 0 Å². The summed E-state index contributed by atoms with van der Waals surface area (Å²) in [7, 11) is 0. The number of hydrogen-bond donors (Lipinski definition) is 1. The SMILES string of the molecule is CC(Nc1nc2cc(Cl)ccc2s1)C1CCCCC1. The Kier molecular flexibility index (Phi) is 3.94. The molecule has 1 aliphatic rings. The first-order chi connectivity index (χ1) is 9.22. The Morgan fingerprint density at radius 1 is 1.32 bits per heavy atom. The summed E-state index contributed by atoms with van der Waals surface area (Å²) in [5, 5.41) is 5.36. The molecular weight excluding hydrogens is 276 g/mol. The Labute approximate surface area is 123 Å². The minimum Gasteiger partial charge on any atom is -0.359 e. The van der Waals surface area contributed by atoms with Crippen molar-refractivity contribution >= 4 is 38.3 Å². The van der Waals surface area contributed by atoms with E-state index in [1.807, 2.05) is 18.2 Å². The molecule has 1 aliphatic carbocycles. The van der Waals surface area contributed by atoms with Crippen molar-refractivity contribution in [1.29, 1.82) is 0 Å².